The number of rotatable bonds is 5. The summed E-state index contributed by atoms with van der Waals surface area (Å²) >= 11 is 0. The highest BCUT2D eigenvalue weighted by Crippen LogP contribution is 2.33. The number of fused-ring (bicyclic) bond motifs is 1. The molecule has 11 heteroatoms. The highest BCUT2D eigenvalue weighted by molar-refractivity contribution is 7.89. The molecule has 0 bridgehead atoms. The van der Waals surface area contributed by atoms with Gasteiger partial charge in [-0.05, 0) is 62.1 Å². The number of piperidine rings is 1. The summed E-state index contributed by atoms with van der Waals surface area (Å²) in [6.45, 7) is 2.50. The molecule has 2 aromatic rings. The van der Waals surface area contributed by atoms with Gasteiger partial charge in [0.05, 0.1) is 11.2 Å². The fourth-order valence-electron chi connectivity index (χ4n) is 4.84. The number of hydrogen-bond acceptors (Lipinski definition) is 6. The van der Waals surface area contributed by atoms with Crippen LogP contribution in [0.5, 0.6) is 0 Å². The number of imide groups is 1. The van der Waals surface area contributed by atoms with Gasteiger partial charge in [0, 0.05) is 25.3 Å². The molecule has 5 rings (SSSR count). The summed E-state index contributed by atoms with van der Waals surface area (Å²) in [6, 6.07) is 7.34. The van der Waals surface area contributed by atoms with Crippen LogP contribution in [0.15, 0.2) is 45.9 Å². The Morgan fingerprint density at radius 1 is 1.12 bits per heavy atom. The van der Waals surface area contributed by atoms with Crippen molar-refractivity contribution in [2.24, 2.45) is 0 Å². The van der Waals surface area contributed by atoms with Crippen LogP contribution in [0.3, 0.4) is 0 Å². The number of sulfonamides is 1. The predicted molar refractivity (Wildman–Crippen MR) is 121 cm³/mol. The van der Waals surface area contributed by atoms with E-state index in [1.165, 1.54) is 28.5 Å². The number of nitrogens with zero attached hydrogens (tertiary/aromatic N) is 3. The first-order valence-corrected chi connectivity index (χ1v) is 12.8. The number of furan rings is 1. The van der Waals surface area contributed by atoms with E-state index in [4.69, 9.17) is 4.42 Å². The largest absolute Gasteiger partial charge is 0.466 e. The number of urea groups is 1. The van der Waals surface area contributed by atoms with Gasteiger partial charge >= 0.3 is 6.03 Å². The summed E-state index contributed by atoms with van der Waals surface area (Å²) < 4.78 is 32.9. The van der Waals surface area contributed by atoms with Gasteiger partial charge in [0.2, 0.25) is 15.9 Å². The van der Waals surface area contributed by atoms with E-state index in [1.54, 1.807) is 24.3 Å². The summed E-state index contributed by atoms with van der Waals surface area (Å²) in [6.07, 6.45) is 4.65. The Kier molecular flexibility index (Phi) is 5.48. The normalized spacial score (nSPS) is 23.3. The van der Waals surface area contributed by atoms with E-state index >= 15 is 0 Å². The van der Waals surface area contributed by atoms with E-state index in [0.717, 1.165) is 29.7 Å². The van der Waals surface area contributed by atoms with E-state index in [9.17, 15) is 22.8 Å². The van der Waals surface area contributed by atoms with Crippen molar-refractivity contribution >= 4 is 33.6 Å². The third kappa shape index (κ3) is 3.59. The van der Waals surface area contributed by atoms with Gasteiger partial charge in [0.1, 0.15) is 12.3 Å². The van der Waals surface area contributed by atoms with Crippen molar-refractivity contribution in [1.29, 1.82) is 0 Å². The summed E-state index contributed by atoms with van der Waals surface area (Å²) in [5.74, 6) is -0.699. The maximum atomic E-state index is 13.1. The third-order valence-corrected chi connectivity index (χ3v) is 8.68. The number of benzene rings is 1. The lowest BCUT2D eigenvalue weighted by Gasteiger charge is -2.26. The monoisotopic (exact) mass is 486 g/mol. The lowest BCUT2D eigenvalue weighted by atomic mass is 9.99. The minimum Gasteiger partial charge on any atom is -0.466 e. The molecule has 3 aliphatic heterocycles. The summed E-state index contributed by atoms with van der Waals surface area (Å²) in [4.78, 5) is 41.2. The number of carbonyl (C=O) groups is 3. The first kappa shape index (κ1) is 22.6. The van der Waals surface area contributed by atoms with Crippen molar-refractivity contribution in [1.82, 2.24) is 14.5 Å². The third-order valence-electron chi connectivity index (χ3n) is 6.78. The molecule has 1 unspecified atom stereocenters. The molecule has 180 valence electrons. The average Bonchev–Trinajstić information content (AvgIpc) is 3.56. The Morgan fingerprint density at radius 3 is 2.59 bits per heavy atom. The van der Waals surface area contributed by atoms with Crippen LogP contribution in [0.25, 0.3) is 0 Å². The summed E-state index contributed by atoms with van der Waals surface area (Å²) in [5, 5.41) is 2.60. The fourth-order valence-corrected chi connectivity index (χ4v) is 6.41. The predicted octanol–water partition coefficient (Wildman–Crippen LogP) is 1.81. The maximum absolute atomic E-state index is 13.1. The van der Waals surface area contributed by atoms with E-state index in [1.807, 2.05) is 0 Å². The molecule has 0 radical (unpaired) electrons. The van der Waals surface area contributed by atoms with Crippen molar-refractivity contribution < 1.29 is 27.2 Å². The van der Waals surface area contributed by atoms with Crippen molar-refractivity contribution in [3.63, 3.8) is 0 Å². The van der Waals surface area contributed by atoms with Gasteiger partial charge in [0.25, 0.3) is 5.91 Å². The Hall–Kier alpha value is -3.18. The summed E-state index contributed by atoms with van der Waals surface area (Å²) in [5.41, 5.74) is -0.0193. The van der Waals surface area contributed by atoms with E-state index in [2.05, 4.69) is 5.32 Å². The molecule has 1 atom stereocenters. The van der Waals surface area contributed by atoms with Crippen LogP contribution in [-0.4, -0.2) is 61.6 Å². The van der Waals surface area contributed by atoms with Gasteiger partial charge in [-0.15, -0.1) is 0 Å². The minimum absolute atomic E-state index is 0.228. The van der Waals surface area contributed by atoms with Gasteiger partial charge in [-0.25, -0.2) is 13.2 Å². The van der Waals surface area contributed by atoms with Crippen molar-refractivity contribution in [3.05, 3.63) is 47.9 Å². The first-order chi connectivity index (χ1) is 16.2. The van der Waals surface area contributed by atoms with Crippen LogP contribution in [0.2, 0.25) is 0 Å². The highest BCUT2D eigenvalue weighted by atomic mass is 32.2. The van der Waals surface area contributed by atoms with Crippen LogP contribution >= 0.6 is 0 Å². The smallest absolute Gasteiger partial charge is 0.325 e. The second-order valence-electron chi connectivity index (χ2n) is 8.97. The lowest BCUT2D eigenvalue weighted by molar-refractivity contribution is -0.134. The topological polar surface area (TPSA) is 120 Å². The number of nitrogens with one attached hydrogen (secondary N) is 1. The number of carbonyl (C=O) groups excluding carboxylic acids is 3. The molecule has 1 aromatic carbocycles. The van der Waals surface area contributed by atoms with E-state index in [-0.39, 0.29) is 10.7 Å². The maximum Gasteiger partial charge on any atom is 0.325 e. The molecule has 4 amide bonds. The molecule has 10 nitrogen and oxygen atoms in total. The number of amides is 4. The quantitative estimate of drug-likeness (QED) is 0.644. The highest BCUT2D eigenvalue weighted by Gasteiger charge is 2.51. The molecule has 0 spiro atoms. The van der Waals surface area contributed by atoms with E-state index in [0.29, 0.717) is 31.7 Å². The van der Waals surface area contributed by atoms with Gasteiger partial charge in [0.15, 0.2) is 5.54 Å². The van der Waals surface area contributed by atoms with Crippen molar-refractivity contribution in [2.45, 2.75) is 43.0 Å². The molecular formula is C23H26N4O6S. The van der Waals surface area contributed by atoms with Crippen LogP contribution < -0.4 is 10.2 Å². The Morgan fingerprint density at radius 2 is 1.88 bits per heavy atom. The van der Waals surface area contributed by atoms with Crippen LogP contribution in [-0.2, 0) is 31.6 Å². The zero-order chi connectivity index (χ0) is 24.1. The van der Waals surface area contributed by atoms with Gasteiger partial charge in [-0.3, -0.25) is 14.5 Å². The Bertz CT molecular complexity index is 1250. The first-order valence-electron chi connectivity index (χ1n) is 11.3. The van der Waals surface area contributed by atoms with Gasteiger partial charge in [-0.1, -0.05) is 6.42 Å². The molecular weight excluding hydrogens is 460 g/mol. The standard InChI is InChI=1S/C23H26N4O6S/c1-23(19-6-5-13-33-19)21(29)27(22(30)24-23)15-20(28)26-12-9-16-14-17(7-8-18(16)26)34(31,32)25-10-3-2-4-11-25/h5-8,13-14H,2-4,9-12,15H2,1H3,(H,24,30). The lowest BCUT2D eigenvalue weighted by Crippen LogP contribution is -2.44. The molecule has 0 saturated carbocycles. The zero-order valence-electron chi connectivity index (χ0n) is 18.8. The Balaban J connectivity index is 1.33. The van der Waals surface area contributed by atoms with E-state index < -0.39 is 40.0 Å². The molecule has 34 heavy (non-hydrogen) atoms. The second-order valence-corrected chi connectivity index (χ2v) is 10.9. The second kappa shape index (κ2) is 8.24. The number of hydrogen-bond donors (Lipinski definition) is 1. The molecule has 3 aliphatic rings. The van der Waals surface area contributed by atoms with Crippen molar-refractivity contribution in [2.75, 3.05) is 31.1 Å². The fraction of sp³-hybridized carbons (Fsp3) is 0.435. The van der Waals surface area contributed by atoms with Gasteiger partial charge in [-0.2, -0.15) is 4.31 Å². The van der Waals surface area contributed by atoms with Gasteiger partial charge < -0.3 is 14.6 Å². The molecule has 2 fully saturated rings. The van der Waals surface area contributed by atoms with Crippen LogP contribution in [0.1, 0.15) is 37.5 Å². The molecule has 4 heterocycles. The molecule has 2 saturated heterocycles. The SMILES string of the molecule is CC1(c2ccco2)NC(=O)N(CC(=O)N2CCc3cc(S(=O)(=O)N4CCCCC4)ccc32)C1=O. The summed E-state index contributed by atoms with van der Waals surface area (Å²) in [7, 11) is -3.57. The average molecular weight is 487 g/mol. The van der Waals surface area contributed by atoms with Crippen LogP contribution in [0, 0.1) is 0 Å². The van der Waals surface area contributed by atoms with Crippen LogP contribution in [0.4, 0.5) is 10.5 Å². The number of anilines is 1. The zero-order valence-corrected chi connectivity index (χ0v) is 19.6. The Labute approximate surface area is 197 Å². The molecule has 0 aliphatic carbocycles. The molecule has 1 N–H and O–H groups in total. The minimum atomic E-state index is -3.57. The van der Waals surface area contributed by atoms with Crippen molar-refractivity contribution in [3.8, 4) is 0 Å². The molecule has 1 aromatic heterocycles.